The lowest BCUT2D eigenvalue weighted by Gasteiger charge is -2.07. The van der Waals surface area contributed by atoms with Gasteiger partial charge in [-0.3, -0.25) is 4.79 Å². The van der Waals surface area contributed by atoms with Gasteiger partial charge in [0.25, 0.3) is 5.91 Å². The summed E-state index contributed by atoms with van der Waals surface area (Å²) in [5.41, 5.74) is 4.74. The Balaban J connectivity index is 1.76. The van der Waals surface area contributed by atoms with Crippen molar-refractivity contribution in [3.63, 3.8) is 0 Å². The molecule has 0 aromatic heterocycles. The van der Waals surface area contributed by atoms with Gasteiger partial charge in [0.05, 0.1) is 6.61 Å². The highest BCUT2D eigenvalue weighted by atomic mass is 16.6. The molecule has 1 amide bonds. The molecular weight excluding hydrogens is 250 g/mol. The average molecular weight is 283 g/mol. The van der Waals surface area contributed by atoms with Crippen LogP contribution in [0.2, 0.25) is 0 Å². The minimum Gasteiger partial charge on any atom is -0.367 e. The van der Waals surface area contributed by atoms with Crippen LogP contribution in [0.1, 0.15) is 90.4 Å². The first-order chi connectivity index (χ1) is 9.71. The first kappa shape index (κ1) is 17.5. The van der Waals surface area contributed by atoms with Crippen molar-refractivity contribution in [3.05, 3.63) is 0 Å². The molecule has 1 atom stereocenters. The standard InChI is InChI=1S/C17H33NO2/c1-2-3-4-5-6-7-8-9-10-11-12-13-14-17(15-20-17)16(18)19/h2-15H2,1H3,(H2,18,19)/t17-/m0/s1. The third-order valence-electron chi connectivity index (χ3n) is 4.38. The molecule has 3 nitrogen and oxygen atoms in total. The van der Waals surface area contributed by atoms with Crippen molar-refractivity contribution in [2.45, 2.75) is 96.0 Å². The number of nitrogens with two attached hydrogens (primary N) is 1. The fourth-order valence-electron chi connectivity index (χ4n) is 2.75. The van der Waals surface area contributed by atoms with Gasteiger partial charge in [0.15, 0.2) is 5.60 Å². The summed E-state index contributed by atoms with van der Waals surface area (Å²) >= 11 is 0. The molecule has 0 radical (unpaired) electrons. The normalized spacial score (nSPS) is 21.1. The van der Waals surface area contributed by atoms with E-state index >= 15 is 0 Å². The van der Waals surface area contributed by atoms with Crippen molar-refractivity contribution in [1.29, 1.82) is 0 Å². The Morgan fingerprint density at radius 3 is 1.65 bits per heavy atom. The number of hydrogen-bond donors (Lipinski definition) is 1. The molecule has 118 valence electrons. The number of carbonyl (C=O) groups excluding carboxylic acids is 1. The van der Waals surface area contributed by atoms with E-state index in [9.17, 15) is 4.79 Å². The third kappa shape index (κ3) is 7.28. The van der Waals surface area contributed by atoms with Crippen LogP contribution in [0.3, 0.4) is 0 Å². The molecule has 0 saturated carbocycles. The summed E-state index contributed by atoms with van der Waals surface area (Å²) in [7, 11) is 0. The zero-order chi connectivity index (χ0) is 14.7. The lowest BCUT2D eigenvalue weighted by molar-refractivity contribution is -0.123. The molecule has 20 heavy (non-hydrogen) atoms. The first-order valence-electron chi connectivity index (χ1n) is 8.65. The van der Waals surface area contributed by atoms with E-state index in [4.69, 9.17) is 10.5 Å². The Morgan fingerprint density at radius 2 is 1.30 bits per heavy atom. The van der Waals surface area contributed by atoms with E-state index in [1.165, 1.54) is 70.6 Å². The van der Waals surface area contributed by atoms with Crippen LogP contribution < -0.4 is 5.73 Å². The van der Waals surface area contributed by atoms with Gasteiger partial charge in [-0.25, -0.2) is 0 Å². The second-order valence-electron chi connectivity index (χ2n) is 6.29. The van der Waals surface area contributed by atoms with Gasteiger partial charge >= 0.3 is 0 Å². The van der Waals surface area contributed by atoms with Gasteiger partial charge in [0, 0.05) is 0 Å². The zero-order valence-electron chi connectivity index (χ0n) is 13.3. The average Bonchev–Trinajstić information content (AvgIpc) is 3.21. The monoisotopic (exact) mass is 283 g/mol. The van der Waals surface area contributed by atoms with Crippen molar-refractivity contribution >= 4 is 5.91 Å². The maximum atomic E-state index is 11.1. The van der Waals surface area contributed by atoms with Gasteiger partial charge in [-0.1, -0.05) is 77.6 Å². The van der Waals surface area contributed by atoms with Crippen LogP contribution in [0, 0.1) is 0 Å². The van der Waals surface area contributed by atoms with Crippen molar-refractivity contribution < 1.29 is 9.53 Å². The van der Waals surface area contributed by atoms with Crippen LogP contribution in [0.25, 0.3) is 0 Å². The summed E-state index contributed by atoms with van der Waals surface area (Å²) < 4.78 is 5.18. The van der Waals surface area contributed by atoms with Crippen molar-refractivity contribution in [2.75, 3.05) is 6.61 Å². The number of hydrogen-bond acceptors (Lipinski definition) is 2. The molecule has 2 N–H and O–H groups in total. The highest BCUT2D eigenvalue weighted by Crippen LogP contribution is 2.32. The topological polar surface area (TPSA) is 55.6 Å². The van der Waals surface area contributed by atoms with Gasteiger partial charge in [-0.05, 0) is 12.8 Å². The number of rotatable bonds is 14. The summed E-state index contributed by atoms with van der Waals surface area (Å²) in [6.07, 6.45) is 16.9. The quantitative estimate of drug-likeness (QED) is 0.381. The van der Waals surface area contributed by atoms with E-state index in [0.717, 1.165) is 12.8 Å². The summed E-state index contributed by atoms with van der Waals surface area (Å²) in [6, 6.07) is 0. The zero-order valence-corrected chi connectivity index (χ0v) is 13.3. The molecule has 0 spiro atoms. The minimum absolute atomic E-state index is 0.277. The van der Waals surface area contributed by atoms with Gasteiger partial charge in [-0.2, -0.15) is 0 Å². The molecule has 0 bridgehead atoms. The molecule has 0 aliphatic carbocycles. The van der Waals surface area contributed by atoms with E-state index < -0.39 is 5.60 Å². The SMILES string of the molecule is CCCCCCCCCCCCCC[C@@]1(C(N)=O)CO1. The Bertz CT molecular complexity index is 262. The third-order valence-corrected chi connectivity index (χ3v) is 4.38. The second kappa shape index (κ2) is 10.2. The molecule has 3 heteroatoms. The molecule has 1 fully saturated rings. The molecule has 1 aliphatic rings. The lowest BCUT2D eigenvalue weighted by Crippen LogP contribution is -2.31. The van der Waals surface area contributed by atoms with Gasteiger partial charge in [-0.15, -0.1) is 0 Å². The highest BCUT2D eigenvalue weighted by Gasteiger charge is 2.49. The predicted octanol–water partition coefficient (Wildman–Crippen LogP) is 4.33. The van der Waals surface area contributed by atoms with Crippen molar-refractivity contribution in [2.24, 2.45) is 5.73 Å². The molecule has 1 rings (SSSR count). The Labute approximate surface area is 124 Å². The van der Waals surface area contributed by atoms with Crippen LogP contribution in [-0.4, -0.2) is 18.1 Å². The van der Waals surface area contributed by atoms with Crippen molar-refractivity contribution in [1.82, 2.24) is 0 Å². The van der Waals surface area contributed by atoms with Crippen LogP contribution in [0.5, 0.6) is 0 Å². The molecule has 0 aromatic carbocycles. The Hall–Kier alpha value is -0.570. The van der Waals surface area contributed by atoms with Crippen molar-refractivity contribution in [3.8, 4) is 0 Å². The van der Waals surface area contributed by atoms with Crippen LogP contribution in [0.4, 0.5) is 0 Å². The van der Waals surface area contributed by atoms with Gasteiger partial charge in [0.2, 0.25) is 0 Å². The fraction of sp³-hybridized carbons (Fsp3) is 0.941. The molecule has 1 aliphatic heterocycles. The molecule has 1 heterocycles. The summed E-state index contributed by atoms with van der Waals surface area (Å²) in [5.74, 6) is -0.277. The second-order valence-corrected chi connectivity index (χ2v) is 6.29. The van der Waals surface area contributed by atoms with Gasteiger partial charge < -0.3 is 10.5 Å². The van der Waals surface area contributed by atoms with Crippen LogP contribution >= 0.6 is 0 Å². The number of epoxide rings is 1. The van der Waals surface area contributed by atoms with E-state index in [1.807, 2.05) is 0 Å². The Kier molecular flexibility index (Phi) is 8.92. The van der Waals surface area contributed by atoms with E-state index in [0.29, 0.717) is 6.61 Å². The first-order valence-corrected chi connectivity index (χ1v) is 8.65. The number of ether oxygens (including phenoxy) is 1. The van der Waals surface area contributed by atoms with E-state index in [-0.39, 0.29) is 5.91 Å². The maximum absolute atomic E-state index is 11.1. The summed E-state index contributed by atoms with van der Waals surface area (Å²) in [6.45, 7) is 2.81. The number of unbranched alkanes of at least 4 members (excludes halogenated alkanes) is 11. The summed E-state index contributed by atoms with van der Waals surface area (Å²) in [5, 5.41) is 0. The lowest BCUT2D eigenvalue weighted by atomic mass is 10.00. The predicted molar refractivity (Wildman–Crippen MR) is 83.6 cm³/mol. The largest absolute Gasteiger partial charge is 0.367 e. The van der Waals surface area contributed by atoms with Gasteiger partial charge in [0.1, 0.15) is 0 Å². The smallest absolute Gasteiger partial charge is 0.252 e. The number of primary amides is 1. The molecule has 1 saturated heterocycles. The fourth-order valence-corrected chi connectivity index (χ4v) is 2.75. The van der Waals surface area contributed by atoms with Crippen LogP contribution in [0.15, 0.2) is 0 Å². The number of carbonyl (C=O) groups is 1. The summed E-state index contributed by atoms with van der Waals surface area (Å²) in [4.78, 5) is 11.1. The van der Waals surface area contributed by atoms with E-state index in [1.54, 1.807) is 0 Å². The maximum Gasteiger partial charge on any atom is 0.252 e. The van der Waals surface area contributed by atoms with E-state index in [2.05, 4.69) is 6.92 Å². The highest BCUT2D eigenvalue weighted by molar-refractivity contribution is 5.85. The molecule has 0 unspecified atom stereocenters. The Morgan fingerprint density at radius 1 is 0.900 bits per heavy atom. The molecular formula is C17H33NO2. The van der Waals surface area contributed by atoms with Crippen LogP contribution in [-0.2, 0) is 9.53 Å². The molecule has 0 aromatic rings. The minimum atomic E-state index is -0.571. The number of amides is 1.